The minimum Gasteiger partial charge on any atom is -0.506 e. The fraction of sp³-hybridized carbons (Fsp3) is 0.200. The van der Waals surface area contributed by atoms with Crippen LogP contribution in [0.1, 0.15) is 21.5 Å². The maximum Gasteiger partial charge on any atom is 0.417 e. The Morgan fingerprint density at radius 1 is 1.47 bits per heavy atom. The average molecular weight is 308 g/mol. The summed E-state index contributed by atoms with van der Waals surface area (Å²) in [6.45, 7) is 0. The number of phenols is 1. The molecule has 0 atom stereocenters. The highest BCUT2D eigenvalue weighted by atomic mass is 79.9. The average Bonchev–Trinajstić information content (AvgIpc) is 2.26. The molecule has 0 spiro atoms. The number of carbonyl (C=O) groups excluding carboxylic acids is 1. The third-order valence-electron chi connectivity index (χ3n) is 2.00. The topological polar surface area (TPSA) is 61.1 Å². The number of phenolic OH excluding ortho intramolecular Hbond substituents is 1. The molecule has 0 bridgehead atoms. The zero-order valence-corrected chi connectivity index (χ0v) is 9.76. The molecule has 7 heteroatoms. The molecule has 0 radical (unpaired) electrons. The zero-order valence-electron chi connectivity index (χ0n) is 8.18. The van der Waals surface area contributed by atoms with Gasteiger partial charge in [-0.2, -0.15) is 18.4 Å². The normalized spacial score (nSPS) is 11.0. The molecule has 1 aromatic carbocycles. The summed E-state index contributed by atoms with van der Waals surface area (Å²) in [7, 11) is 0. The molecule has 0 fully saturated rings. The smallest absolute Gasteiger partial charge is 0.417 e. The number of nitriles is 1. The molecular formula is C10H5BrF3NO2. The van der Waals surface area contributed by atoms with Gasteiger partial charge in [0.1, 0.15) is 11.8 Å². The van der Waals surface area contributed by atoms with Crippen LogP contribution in [0.3, 0.4) is 0 Å². The summed E-state index contributed by atoms with van der Waals surface area (Å²) < 4.78 is 37.8. The largest absolute Gasteiger partial charge is 0.506 e. The van der Waals surface area contributed by atoms with Crippen molar-refractivity contribution in [1.29, 1.82) is 5.26 Å². The molecular weight excluding hydrogens is 303 g/mol. The van der Waals surface area contributed by atoms with Crippen molar-refractivity contribution < 1.29 is 23.1 Å². The highest BCUT2D eigenvalue weighted by Gasteiger charge is 2.37. The van der Waals surface area contributed by atoms with Crippen molar-refractivity contribution in [3.63, 3.8) is 0 Å². The highest BCUT2D eigenvalue weighted by molar-refractivity contribution is 9.09. The second kappa shape index (κ2) is 4.75. The summed E-state index contributed by atoms with van der Waals surface area (Å²) in [5.74, 6) is -1.88. The van der Waals surface area contributed by atoms with Gasteiger partial charge in [-0.05, 0) is 12.1 Å². The van der Waals surface area contributed by atoms with Gasteiger partial charge in [0.25, 0.3) is 0 Å². The Morgan fingerprint density at radius 3 is 2.47 bits per heavy atom. The predicted octanol–water partition coefficient (Wildman–Crippen LogP) is 2.86. The summed E-state index contributed by atoms with van der Waals surface area (Å²) >= 11 is 2.72. The van der Waals surface area contributed by atoms with E-state index < -0.39 is 28.8 Å². The number of benzene rings is 1. The number of hydrogen-bond acceptors (Lipinski definition) is 3. The second-order valence-corrected chi connectivity index (χ2v) is 3.61. The first kappa shape index (κ1) is 13.5. The van der Waals surface area contributed by atoms with Gasteiger partial charge in [-0.25, -0.2) is 0 Å². The monoisotopic (exact) mass is 307 g/mol. The third-order valence-corrected chi connectivity index (χ3v) is 2.51. The Labute approximate surface area is 103 Å². The molecule has 3 nitrogen and oxygen atoms in total. The first-order valence-corrected chi connectivity index (χ1v) is 5.37. The van der Waals surface area contributed by atoms with Crippen LogP contribution in [-0.2, 0) is 6.18 Å². The fourth-order valence-electron chi connectivity index (χ4n) is 1.27. The van der Waals surface area contributed by atoms with Gasteiger partial charge in [-0.3, -0.25) is 4.79 Å². The van der Waals surface area contributed by atoms with E-state index in [-0.39, 0.29) is 10.9 Å². The molecule has 0 heterocycles. The van der Waals surface area contributed by atoms with E-state index in [1.54, 1.807) is 0 Å². The Hall–Kier alpha value is -1.55. The zero-order chi connectivity index (χ0) is 13.2. The molecule has 0 aromatic heterocycles. The lowest BCUT2D eigenvalue weighted by Gasteiger charge is -2.13. The Kier molecular flexibility index (Phi) is 3.78. The predicted molar refractivity (Wildman–Crippen MR) is 55.9 cm³/mol. The fourth-order valence-corrected chi connectivity index (χ4v) is 1.55. The Balaban J connectivity index is 3.60. The van der Waals surface area contributed by atoms with Gasteiger partial charge >= 0.3 is 6.18 Å². The first-order valence-electron chi connectivity index (χ1n) is 4.25. The number of hydrogen-bond donors (Lipinski definition) is 1. The lowest BCUT2D eigenvalue weighted by atomic mass is 9.99. The van der Waals surface area contributed by atoms with Crippen LogP contribution in [0.15, 0.2) is 12.1 Å². The number of rotatable bonds is 2. The maximum atomic E-state index is 12.6. The number of Topliss-reactive ketones (excluding diaryl/α,β-unsaturated/α-hetero) is 1. The van der Waals surface area contributed by atoms with E-state index in [1.807, 2.05) is 0 Å². The van der Waals surface area contributed by atoms with Crippen molar-refractivity contribution in [2.45, 2.75) is 6.18 Å². The molecule has 90 valence electrons. The standard InChI is InChI=1S/C10H5BrF3NO2/c11-3-7(16)8-6(10(12,13)14)2-1-5(4-15)9(8)17/h1-2,17H,3H2. The summed E-state index contributed by atoms with van der Waals surface area (Å²) in [4.78, 5) is 11.4. The minimum atomic E-state index is -4.77. The molecule has 0 saturated heterocycles. The number of ketones is 1. The van der Waals surface area contributed by atoms with Gasteiger partial charge in [0.05, 0.1) is 22.0 Å². The molecule has 17 heavy (non-hydrogen) atoms. The number of alkyl halides is 4. The molecule has 1 aromatic rings. The van der Waals surface area contributed by atoms with E-state index in [9.17, 15) is 23.1 Å². The van der Waals surface area contributed by atoms with Crippen molar-refractivity contribution in [2.24, 2.45) is 0 Å². The van der Waals surface area contributed by atoms with Crippen molar-refractivity contribution in [3.05, 3.63) is 28.8 Å². The van der Waals surface area contributed by atoms with Crippen molar-refractivity contribution >= 4 is 21.7 Å². The number of aromatic hydroxyl groups is 1. The minimum absolute atomic E-state index is 0.373. The molecule has 1 N–H and O–H groups in total. The van der Waals surface area contributed by atoms with Crippen LogP contribution in [0.5, 0.6) is 5.75 Å². The van der Waals surface area contributed by atoms with Crippen LogP contribution < -0.4 is 0 Å². The summed E-state index contributed by atoms with van der Waals surface area (Å²) in [5, 5.41) is 17.7. The molecule has 1 rings (SSSR count). The van der Waals surface area contributed by atoms with Gasteiger partial charge in [-0.15, -0.1) is 0 Å². The SMILES string of the molecule is N#Cc1ccc(C(F)(F)F)c(C(=O)CBr)c1O. The first-order chi connectivity index (χ1) is 7.82. The number of halogens is 4. The van der Waals surface area contributed by atoms with Crippen molar-refractivity contribution in [3.8, 4) is 11.8 Å². The van der Waals surface area contributed by atoms with Crippen molar-refractivity contribution in [1.82, 2.24) is 0 Å². The molecule has 0 saturated carbocycles. The van der Waals surface area contributed by atoms with E-state index in [2.05, 4.69) is 15.9 Å². The second-order valence-electron chi connectivity index (χ2n) is 3.05. The van der Waals surface area contributed by atoms with E-state index in [0.717, 1.165) is 6.07 Å². The molecule has 0 aliphatic carbocycles. The van der Waals surface area contributed by atoms with E-state index in [0.29, 0.717) is 6.07 Å². The highest BCUT2D eigenvalue weighted by Crippen LogP contribution is 2.37. The van der Waals surface area contributed by atoms with E-state index in [4.69, 9.17) is 5.26 Å². The van der Waals surface area contributed by atoms with Crippen LogP contribution in [0, 0.1) is 11.3 Å². The number of carbonyl (C=O) groups is 1. The van der Waals surface area contributed by atoms with Gasteiger partial charge in [0, 0.05) is 0 Å². The summed E-state index contributed by atoms with van der Waals surface area (Å²) in [6.07, 6.45) is -4.77. The maximum absolute atomic E-state index is 12.6. The van der Waals surface area contributed by atoms with Gasteiger partial charge < -0.3 is 5.11 Å². The third kappa shape index (κ3) is 2.58. The van der Waals surface area contributed by atoms with Gasteiger partial charge in [0.2, 0.25) is 0 Å². The summed E-state index contributed by atoms with van der Waals surface area (Å²) in [5.41, 5.74) is -2.51. The van der Waals surface area contributed by atoms with Crippen LogP contribution in [0.25, 0.3) is 0 Å². The van der Waals surface area contributed by atoms with E-state index >= 15 is 0 Å². The number of nitrogens with zero attached hydrogens (tertiary/aromatic N) is 1. The molecule has 0 unspecified atom stereocenters. The van der Waals surface area contributed by atoms with Crippen molar-refractivity contribution in [2.75, 3.05) is 5.33 Å². The molecule has 0 aliphatic rings. The lowest BCUT2D eigenvalue weighted by molar-refractivity contribution is -0.138. The lowest BCUT2D eigenvalue weighted by Crippen LogP contribution is -2.14. The van der Waals surface area contributed by atoms with Crippen LogP contribution in [0.4, 0.5) is 13.2 Å². The summed E-state index contributed by atoms with van der Waals surface area (Å²) in [6, 6.07) is 2.94. The van der Waals surface area contributed by atoms with Gasteiger partial charge in [-0.1, -0.05) is 15.9 Å². The quantitative estimate of drug-likeness (QED) is 0.675. The molecule has 0 aliphatic heterocycles. The van der Waals surface area contributed by atoms with Crippen LogP contribution >= 0.6 is 15.9 Å². The molecule has 0 amide bonds. The Bertz CT molecular complexity index is 505. The Morgan fingerprint density at radius 2 is 2.06 bits per heavy atom. The van der Waals surface area contributed by atoms with Crippen LogP contribution in [0.2, 0.25) is 0 Å². The van der Waals surface area contributed by atoms with Crippen LogP contribution in [-0.4, -0.2) is 16.2 Å². The van der Waals surface area contributed by atoms with Gasteiger partial charge in [0.15, 0.2) is 5.78 Å². The van der Waals surface area contributed by atoms with E-state index in [1.165, 1.54) is 6.07 Å².